The highest BCUT2D eigenvalue weighted by Gasteiger charge is 2.40. The number of thiophene rings is 1. The van der Waals surface area contributed by atoms with E-state index in [4.69, 9.17) is 11.6 Å². The summed E-state index contributed by atoms with van der Waals surface area (Å²) in [5.74, 6) is -1.13. The van der Waals surface area contributed by atoms with Gasteiger partial charge in [-0.1, -0.05) is 29.8 Å². The molecular weight excluding hydrogens is 310 g/mol. The van der Waals surface area contributed by atoms with Crippen LogP contribution in [0.2, 0.25) is 5.02 Å². The standard InChI is InChI=1S/C15H14ClNO3S/c16-12-4-2-1-3-11(12)14(15(18)19)17(20)7-5-10-6-8-21-13(10)9-17/h1-4,6,8,14H,5,7,9H2,(H,18,19). The molecule has 0 spiro atoms. The van der Waals surface area contributed by atoms with E-state index < -0.39 is 16.7 Å². The fourth-order valence-electron chi connectivity index (χ4n) is 2.87. The molecule has 2 atom stereocenters. The number of carboxylic acid groups (broad SMARTS) is 1. The Kier molecular flexibility index (Phi) is 3.75. The second kappa shape index (κ2) is 5.42. The molecule has 0 saturated carbocycles. The van der Waals surface area contributed by atoms with Crippen LogP contribution in [0.25, 0.3) is 0 Å². The van der Waals surface area contributed by atoms with E-state index in [2.05, 4.69) is 0 Å². The number of hydrogen-bond donors (Lipinski definition) is 1. The maximum absolute atomic E-state index is 13.2. The molecule has 4 nitrogen and oxygen atoms in total. The van der Waals surface area contributed by atoms with Crippen molar-refractivity contribution in [3.05, 3.63) is 61.9 Å². The van der Waals surface area contributed by atoms with Gasteiger partial charge in [0.25, 0.3) is 0 Å². The zero-order valence-corrected chi connectivity index (χ0v) is 12.7. The van der Waals surface area contributed by atoms with Crippen molar-refractivity contribution in [2.24, 2.45) is 0 Å². The number of hydroxylamine groups is 3. The molecule has 1 aliphatic heterocycles. The molecule has 110 valence electrons. The van der Waals surface area contributed by atoms with Crippen LogP contribution < -0.4 is 0 Å². The summed E-state index contributed by atoms with van der Waals surface area (Å²) < 4.78 is -0.785. The van der Waals surface area contributed by atoms with Crippen molar-refractivity contribution in [2.45, 2.75) is 19.0 Å². The number of halogens is 1. The first kappa shape index (κ1) is 14.5. The maximum atomic E-state index is 13.2. The number of rotatable bonds is 3. The van der Waals surface area contributed by atoms with Crippen molar-refractivity contribution in [1.29, 1.82) is 0 Å². The average molecular weight is 324 g/mol. The van der Waals surface area contributed by atoms with E-state index in [0.29, 0.717) is 17.0 Å². The van der Waals surface area contributed by atoms with Crippen LogP contribution in [0.1, 0.15) is 22.0 Å². The molecule has 2 heterocycles. The van der Waals surface area contributed by atoms with Gasteiger partial charge < -0.3 is 15.0 Å². The zero-order valence-electron chi connectivity index (χ0n) is 11.2. The molecule has 1 N–H and O–H groups in total. The Labute approximate surface area is 131 Å². The first-order chi connectivity index (χ1) is 10.0. The number of hydrogen-bond acceptors (Lipinski definition) is 3. The maximum Gasteiger partial charge on any atom is 0.367 e. The summed E-state index contributed by atoms with van der Waals surface area (Å²) in [6.07, 6.45) is 0.608. The molecule has 2 unspecified atom stereocenters. The third-order valence-electron chi connectivity index (χ3n) is 3.91. The summed E-state index contributed by atoms with van der Waals surface area (Å²) >= 11 is 7.63. The molecule has 1 aromatic heterocycles. The fraction of sp³-hybridized carbons (Fsp3) is 0.267. The van der Waals surface area contributed by atoms with E-state index in [9.17, 15) is 15.1 Å². The predicted molar refractivity (Wildman–Crippen MR) is 82.1 cm³/mol. The molecule has 2 aromatic rings. The van der Waals surface area contributed by atoms with Gasteiger partial charge in [0.1, 0.15) is 6.54 Å². The lowest BCUT2D eigenvalue weighted by Gasteiger charge is -2.49. The Bertz CT molecular complexity index is 687. The topological polar surface area (TPSA) is 60.4 Å². The van der Waals surface area contributed by atoms with Crippen LogP contribution in [-0.2, 0) is 17.8 Å². The van der Waals surface area contributed by atoms with Gasteiger partial charge in [-0.05, 0) is 23.1 Å². The zero-order chi connectivity index (χ0) is 15.0. The second-order valence-electron chi connectivity index (χ2n) is 5.22. The molecule has 1 aromatic carbocycles. The minimum absolute atomic E-state index is 0.190. The van der Waals surface area contributed by atoms with Crippen LogP contribution in [0, 0.1) is 5.21 Å². The van der Waals surface area contributed by atoms with Gasteiger partial charge >= 0.3 is 5.97 Å². The highest BCUT2D eigenvalue weighted by atomic mass is 35.5. The third kappa shape index (κ3) is 2.58. The number of quaternary nitrogens is 1. The summed E-state index contributed by atoms with van der Waals surface area (Å²) in [5.41, 5.74) is 1.55. The van der Waals surface area contributed by atoms with E-state index in [1.807, 2.05) is 11.4 Å². The molecule has 3 rings (SSSR count). The number of aliphatic carboxylic acids is 1. The molecule has 21 heavy (non-hydrogen) atoms. The van der Waals surface area contributed by atoms with Crippen molar-refractivity contribution >= 4 is 28.9 Å². The van der Waals surface area contributed by atoms with Crippen LogP contribution in [-0.4, -0.2) is 22.3 Å². The summed E-state index contributed by atoms with van der Waals surface area (Å²) in [5, 5.41) is 25.1. The minimum Gasteiger partial charge on any atom is -0.632 e. The molecule has 0 radical (unpaired) electrons. The summed E-state index contributed by atoms with van der Waals surface area (Å²) in [6.45, 7) is 0.446. The summed E-state index contributed by atoms with van der Waals surface area (Å²) in [6, 6.07) is 7.52. The Hall–Kier alpha value is -1.40. The number of carbonyl (C=O) groups is 1. The lowest BCUT2D eigenvalue weighted by atomic mass is 10.0. The lowest BCUT2D eigenvalue weighted by Crippen LogP contribution is -2.51. The number of carboxylic acids is 1. The van der Waals surface area contributed by atoms with Gasteiger partial charge in [0.2, 0.25) is 6.04 Å². The molecule has 1 aliphatic rings. The highest BCUT2D eigenvalue weighted by Crippen LogP contribution is 2.39. The lowest BCUT2D eigenvalue weighted by molar-refractivity contribution is -0.917. The first-order valence-electron chi connectivity index (χ1n) is 6.61. The van der Waals surface area contributed by atoms with E-state index in [1.165, 1.54) is 11.3 Å². The van der Waals surface area contributed by atoms with Crippen molar-refractivity contribution in [2.75, 3.05) is 6.54 Å². The number of fused-ring (bicyclic) bond motifs is 1. The molecule has 0 saturated heterocycles. The Morgan fingerprint density at radius 1 is 1.38 bits per heavy atom. The van der Waals surface area contributed by atoms with Gasteiger partial charge in [-0.25, -0.2) is 4.79 Å². The van der Waals surface area contributed by atoms with E-state index in [-0.39, 0.29) is 13.1 Å². The molecule has 0 amide bonds. The molecule has 0 fully saturated rings. The fourth-order valence-corrected chi connectivity index (χ4v) is 4.12. The van der Waals surface area contributed by atoms with Gasteiger partial charge in [-0.2, -0.15) is 0 Å². The van der Waals surface area contributed by atoms with Gasteiger partial charge in [-0.3, -0.25) is 0 Å². The van der Waals surface area contributed by atoms with Crippen LogP contribution in [0.5, 0.6) is 0 Å². The third-order valence-corrected chi connectivity index (χ3v) is 5.21. The second-order valence-corrected chi connectivity index (χ2v) is 6.62. The molecule has 0 bridgehead atoms. The van der Waals surface area contributed by atoms with Gasteiger partial charge in [0.05, 0.1) is 16.4 Å². The van der Waals surface area contributed by atoms with Crippen molar-refractivity contribution in [3.63, 3.8) is 0 Å². The van der Waals surface area contributed by atoms with Crippen molar-refractivity contribution in [1.82, 2.24) is 0 Å². The Morgan fingerprint density at radius 2 is 2.14 bits per heavy atom. The van der Waals surface area contributed by atoms with Crippen LogP contribution in [0.15, 0.2) is 35.7 Å². The number of benzene rings is 1. The van der Waals surface area contributed by atoms with Gasteiger partial charge in [0.15, 0.2) is 0 Å². The van der Waals surface area contributed by atoms with E-state index in [1.54, 1.807) is 24.3 Å². The number of nitrogens with zero attached hydrogens (tertiary/aromatic N) is 1. The normalized spacial score (nSPS) is 22.6. The molecule has 0 aliphatic carbocycles. The molecular formula is C15H14ClNO3S. The monoisotopic (exact) mass is 323 g/mol. The quantitative estimate of drug-likeness (QED) is 0.693. The van der Waals surface area contributed by atoms with Crippen LogP contribution in [0.3, 0.4) is 0 Å². The Balaban J connectivity index is 2.03. The summed E-state index contributed by atoms with van der Waals surface area (Å²) in [4.78, 5) is 12.7. The van der Waals surface area contributed by atoms with Gasteiger partial charge in [-0.15, -0.1) is 11.3 Å². The van der Waals surface area contributed by atoms with E-state index >= 15 is 0 Å². The SMILES string of the molecule is O=C(O)C(c1ccccc1Cl)[N+]1([O-])CCc2ccsc2C1. The van der Waals surface area contributed by atoms with E-state index in [0.717, 1.165) is 10.4 Å². The largest absolute Gasteiger partial charge is 0.632 e. The van der Waals surface area contributed by atoms with Crippen molar-refractivity contribution in [3.8, 4) is 0 Å². The highest BCUT2D eigenvalue weighted by molar-refractivity contribution is 7.10. The Morgan fingerprint density at radius 3 is 2.86 bits per heavy atom. The minimum atomic E-state index is -1.19. The first-order valence-corrected chi connectivity index (χ1v) is 7.87. The van der Waals surface area contributed by atoms with Crippen LogP contribution >= 0.6 is 22.9 Å². The summed E-state index contributed by atoms with van der Waals surface area (Å²) in [7, 11) is 0. The van der Waals surface area contributed by atoms with Gasteiger partial charge in [0, 0.05) is 12.0 Å². The predicted octanol–water partition coefficient (Wildman–Crippen LogP) is 3.60. The smallest absolute Gasteiger partial charge is 0.367 e. The average Bonchev–Trinajstić information content (AvgIpc) is 2.87. The van der Waals surface area contributed by atoms with Crippen LogP contribution in [0.4, 0.5) is 0 Å². The van der Waals surface area contributed by atoms with Crippen molar-refractivity contribution < 1.29 is 14.5 Å². The molecule has 6 heteroatoms.